The Morgan fingerprint density at radius 2 is 1.71 bits per heavy atom. The van der Waals surface area contributed by atoms with Gasteiger partial charge in [0, 0.05) is 24.2 Å². The molecule has 0 aliphatic rings. The second kappa shape index (κ2) is 12.9. The summed E-state index contributed by atoms with van der Waals surface area (Å²) in [4.78, 5) is 24.1. The zero-order valence-corrected chi connectivity index (χ0v) is 16.6. The van der Waals surface area contributed by atoms with Crippen molar-refractivity contribution in [2.24, 2.45) is 5.73 Å². The van der Waals surface area contributed by atoms with Crippen LogP contribution in [-0.4, -0.2) is 18.4 Å². The van der Waals surface area contributed by atoms with Crippen LogP contribution in [0, 0.1) is 5.82 Å². The fourth-order valence-corrected chi connectivity index (χ4v) is 2.66. The lowest BCUT2D eigenvalue weighted by Crippen LogP contribution is -2.22. The van der Waals surface area contributed by atoms with E-state index in [-0.39, 0.29) is 29.8 Å². The predicted octanol–water partition coefficient (Wildman–Crippen LogP) is 4.03. The van der Waals surface area contributed by atoms with E-state index in [4.69, 9.17) is 5.73 Å². The lowest BCUT2D eigenvalue weighted by Gasteiger charge is -2.09. The van der Waals surface area contributed by atoms with Gasteiger partial charge in [-0.15, -0.1) is 12.4 Å². The number of hydrogen-bond acceptors (Lipinski definition) is 3. The molecule has 0 saturated carbocycles. The molecule has 0 saturated heterocycles. The summed E-state index contributed by atoms with van der Waals surface area (Å²) >= 11 is 0. The molecule has 2 amide bonds. The largest absolute Gasteiger partial charge is 0.352 e. The number of halogens is 2. The van der Waals surface area contributed by atoms with Crippen molar-refractivity contribution in [2.75, 3.05) is 11.9 Å². The van der Waals surface area contributed by atoms with E-state index in [0.29, 0.717) is 25.2 Å². The second-order valence-corrected chi connectivity index (χ2v) is 6.39. The van der Waals surface area contributed by atoms with Crippen LogP contribution in [-0.2, 0) is 11.3 Å². The van der Waals surface area contributed by atoms with E-state index in [1.54, 1.807) is 24.3 Å². The molecule has 2 rings (SSSR count). The number of amides is 2. The van der Waals surface area contributed by atoms with E-state index < -0.39 is 5.82 Å². The minimum absolute atomic E-state index is 0. The summed E-state index contributed by atoms with van der Waals surface area (Å²) in [7, 11) is 0. The maximum atomic E-state index is 13.2. The molecular formula is C21H27ClFN3O2. The highest BCUT2D eigenvalue weighted by atomic mass is 35.5. The third-order valence-electron chi connectivity index (χ3n) is 4.12. The molecule has 0 fully saturated rings. The molecule has 0 aliphatic heterocycles. The number of nitrogens with one attached hydrogen (secondary N) is 2. The third-order valence-corrected chi connectivity index (χ3v) is 4.12. The van der Waals surface area contributed by atoms with Gasteiger partial charge in [-0.2, -0.15) is 0 Å². The summed E-state index contributed by atoms with van der Waals surface area (Å²) in [6.45, 7) is 1.09. The van der Waals surface area contributed by atoms with Gasteiger partial charge in [-0.3, -0.25) is 9.59 Å². The maximum Gasteiger partial charge on any atom is 0.255 e. The molecule has 0 aliphatic carbocycles. The molecule has 152 valence electrons. The van der Waals surface area contributed by atoms with Gasteiger partial charge in [0.15, 0.2) is 0 Å². The summed E-state index contributed by atoms with van der Waals surface area (Å²) in [5.74, 6) is -0.827. The normalized spacial score (nSPS) is 10.1. The molecule has 0 radical (unpaired) electrons. The van der Waals surface area contributed by atoms with Crippen molar-refractivity contribution < 1.29 is 14.0 Å². The average Bonchev–Trinajstić information content (AvgIpc) is 2.66. The molecule has 5 nitrogen and oxygen atoms in total. The molecule has 0 aromatic heterocycles. The SMILES string of the molecule is Cl.NCCCCCCC(=O)NCc1cccc(NC(=O)c2cccc(F)c2)c1. The van der Waals surface area contributed by atoms with Crippen LogP contribution < -0.4 is 16.4 Å². The Morgan fingerprint density at radius 3 is 2.46 bits per heavy atom. The Hall–Kier alpha value is -2.44. The van der Waals surface area contributed by atoms with E-state index >= 15 is 0 Å². The lowest BCUT2D eigenvalue weighted by molar-refractivity contribution is -0.121. The topological polar surface area (TPSA) is 84.2 Å². The van der Waals surface area contributed by atoms with Crippen LogP contribution in [0.15, 0.2) is 48.5 Å². The zero-order valence-electron chi connectivity index (χ0n) is 15.7. The molecule has 28 heavy (non-hydrogen) atoms. The van der Waals surface area contributed by atoms with Crippen LogP contribution in [0.3, 0.4) is 0 Å². The third kappa shape index (κ3) is 8.50. The molecule has 0 bridgehead atoms. The molecule has 0 unspecified atom stereocenters. The van der Waals surface area contributed by atoms with Gasteiger partial charge in [0.2, 0.25) is 5.91 Å². The fraction of sp³-hybridized carbons (Fsp3) is 0.333. The molecule has 0 atom stereocenters. The number of unbranched alkanes of at least 4 members (excludes halogenated alkanes) is 3. The summed E-state index contributed by atoms with van der Waals surface area (Å²) in [5.41, 5.74) is 7.17. The van der Waals surface area contributed by atoms with Gasteiger partial charge in [0.1, 0.15) is 5.82 Å². The van der Waals surface area contributed by atoms with E-state index in [9.17, 15) is 14.0 Å². The number of anilines is 1. The van der Waals surface area contributed by atoms with Gasteiger partial charge < -0.3 is 16.4 Å². The minimum atomic E-state index is -0.456. The van der Waals surface area contributed by atoms with E-state index in [1.807, 2.05) is 6.07 Å². The van der Waals surface area contributed by atoms with Gasteiger partial charge in [-0.05, 0) is 55.3 Å². The number of carbonyl (C=O) groups is 2. The van der Waals surface area contributed by atoms with Crippen LogP contribution >= 0.6 is 12.4 Å². The van der Waals surface area contributed by atoms with Crippen molar-refractivity contribution in [1.29, 1.82) is 0 Å². The van der Waals surface area contributed by atoms with Gasteiger partial charge in [-0.1, -0.05) is 31.0 Å². The van der Waals surface area contributed by atoms with Crippen LogP contribution in [0.2, 0.25) is 0 Å². The average molecular weight is 408 g/mol. The summed E-state index contributed by atoms with van der Waals surface area (Å²) < 4.78 is 13.2. The number of nitrogens with two attached hydrogens (primary N) is 1. The van der Waals surface area contributed by atoms with Crippen LogP contribution in [0.25, 0.3) is 0 Å². The van der Waals surface area contributed by atoms with Gasteiger partial charge >= 0.3 is 0 Å². The first kappa shape index (κ1) is 23.6. The Morgan fingerprint density at radius 1 is 0.964 bits per heavy atom. The Bertz CT molecular complexity index is 771. The van der Waals surface area contributed by atoms with Crippen molar-refractivity contribution in [3.63, 3.8) is 0 Å². The maximum absolute atomic E-state index is 13.2. The van der Waals surface area contributed by atoms with E-state index in [1.165, 1.54) is 18.2 Å². The highest BCUT2D eigenvalue weighted by Crippen LogP contribution is 2.13. The molecule has 0 spiro atoms. The van der Waals surface area contributed by atoms with Crippen LogP contribution in [0.1, 0.15) is 48.0 Å². The first-order valence-corrected chi connectivity index (χ1v) is 9.21. The fourth-order valence-electron chi connectivity index (χ4n) is 2.66. The predicted molar refractivity (Wildman–Crippen MR) is 112 cm³/mol. The standard InChI is InChI=1S/C21H26FN3O2.ClH/c22-18-9-6-8-17(14-18)21(27)25-19-10-5-7-16(13-19)15-24-20(26)11-3-1-2-4-12-23;/h5-10,13-14H,1-4,11-12,15,23H2,(H,24,26)(H,25,27);1H. The van der Waals surface area contributed by atoms with Crippen LogP contribution in [0.4, 0.5) is 10.1 Å². The Balaban J connectivity index is 0.00000392. The quantitative estimate of drug-likeness (QED) is 0.520. The highest BCUT2D eigenvalue weighted by Gasteiger charge is 2.08. The number of rotatable bonds is 10. The number of hydrogen-bond donors (Lipinski definition) is 3. The molecule has 2 aromatic rings. The first-order valence-electron chi connectivity index (χ1n) is 9.21. The number of carbonyl (C=O) groups excluding carboxylic acids is 2. The molecule has 4 N–H and O–H groups in total. The molecule has 7 heteroatoms. The zero-order chi connectivity index (χ0) is 19.5. The molecule has 2 aromatic carbocycles. The van der Waals surface area contributed by atoms with E-state index in [2.05, 4.69) is 10.6 Å². The molecule has 0 heterocycles. The van der Waals surface area contributed by atoms with Crippen molar-refractivity contribution in [1.82, 2.24) is 5.32 Å². The summed E-state index contributed by atoms with van der Waals surface area (Å²) in [6.07, 6.45) is 4.41. The lowest BCUT2D eigenvalue weighted by atomic mass is 10.1. The highest BCUT2D eigenvalue weighted by molar-refractivity contribution is 6.04. The first-order chi connectivity index (χ1) is 13.1. The van der Waals surface area contributed by atoms with Crippen molar-refractivity contribution in [2.45, 2.75) is 38.6 Å². The van der Waals surface area contributed by atoms with Crippen LogP contribution in [0.5, 0.6) is 0 Å². The Kier molecular flexibility index (Phi) is 10.8. The van der Waals surface area contributed by atoms with Crippen molar-refractivity contribution in [3.8, 4) is 0 Å². The monoisotopic (exact) mass is 407 g/mol. The second-order valence-electron chi connectivity index (χ2n) is 6.39. The van der Waals surface area contributed by atoms with Crippen molar-refractivity contribution >= 4 is 29.9 Å². The van der Waals surface area contributed by atoms with Gasteiger partial charge in [0.25, 0.3) is 5.91 Å². The molecular weight excluding hydrogens is 381 g/mol. The summed E-state index contributed by atoms with van der Waals surface area (Å²) in [5, 5.41) is 5.62. The summed E-state index contributed by atoms with van der Waals surface area (Å²) in [6, 6.07) is 12.7. The van der Waals surface area contributed by atoms with Crippen molar-refractivity contribution in [3.05, 3.63) is 65.5 Å². The van der Waals surface area contributed by atoms with Gasteiger partial charge in [0.05, 0.1) is 0 Å². The van der Waals surface area contributed by atoms with E-state index in [0.717, 1.165) is 31.2 Å². The smallest absolute Gasteiger partial charge is 0.255 e. The number of benzene rings is 2. The minimum Gasteiger partial charge on any atom is -0.352 e. The van der Waals surface area contributed by atoms with Gasteiger partial charge in [-0.25, -0.2) is 4.39 Å². The Labute approximate surface area is 171 Å².